The molecule has 6 heteroatoms. The van der Waals surface area contributed by atoms with Gasteiger partial charge < -0.3 is 10.5 Å². The van der Waals surface area contributed by atoms with Gasteiger partial charge in [0, 0.05) is 23.2 Å². The van der Waals surface area contributed by atoms with Crippen molar-refractivity contribution >= 4 is 11.8 Å². The van der Waals surface area contributed by atoms with Crippen molar-refractivity contribution in [1.29, 1.82) is 0 Å². The predicted octanol–water partition coefficient (Wildman–Crippen LogP) is 3.03. The number of ether oxygens (including phenoxy) is 1. The van der Waals surface area contributed by atoms with Gasteiger partial charge in [0.25, 0.3) is 0 Å². The van der Waals surface area contributed by atoms with E-state index in [1.807, 2.05) is 19.9 Å². The molecule has 1 atom stereocenters. The third kappa shape index (κ3) is 4.15. The first-order chi connectivity index (χ1) is 9.99. The van der Waals surface area contributed by atoms with Crippen LogP contribution in [0.25, 0.3) is 0 Å². The van der Waals surface area contributed by atoms with Crippen molar-refractivity contribution in [3.8, 4) is 5.75 Å². The number of hydrogen-bond acceptors (Lipinski definition) is 5. The summed E-state index contributed by atoms with van der Waals surface area (Å²) in [5.41, 5.74) is 8.67. The van der Waals surface area contributed by atoms with Crippen molar-refractivity contribution in [2.45, 2.75) is 25.0 Å². The molecular weight excluding hydrogens is 289 g/mol. The maximum Gasteiger partial charge on any atom is 0.188 e. The summed E-state index contributed by atoms with van der Waals surface area (Å²) in [5.74, 6) is 0.392. The van der Waals surface area contributed by atoms with Crippen LogP contribution in [0, 0.1) is 19.7 Å². The molecule has 0 radical (unpaired) electrons. The average Bonchev–Trinajstić information content (AvgIpc) is 2.43. The Hall–Kier alpha value is -1.66. The number of hydrogen-bond donors (Lipinski definition) is 1. The van der Waals surface area contributed by atoms with Gasteiger partial charge in [-0.05, 0) is 37.6 Å². The summed E-state index contributed by atoms with van der Waals surface area (Å²) in [7, 11) is 1.44. The minimum atomic E-state index is -0.405. The SMILES string of the molecule is COc1ccc(C(N)CSc2nc(C)cc(C)n2)cc1F. The summed E-state index contributed by atoms with van der Waals surface area (Å²) in [5, 5.41) is 0.692. The van der Waals surface area contributed by atoms with E-state index < -0.39 is 5.82 Å². The summed E-state index contributed by atoms with van der Waals surface area (Å²) >= 11 is 1.47. The van der Waals surface area contributed by atoms with E-state index in [4.69, 9.17) is 10.5 Å². The zero-order chi connectivity index (χ0) is 15.4. The second kappa shape index (κ2) is 6.87. The van der Waals surface area contributed by atoms with Gasteiger partial charge in [0.2, 0.25) is 0 Å². The van der Waals surface area contributed by atoms with Crippen molar-refractivity contribution in [1.82, 2.24) is 9.97 Å². The molecule has 0 aliphatic rings. The number of aryl methyl sites for hydroxylation is 2. The number of nitrogens with zero attached hydrogens (tertiary/aromatic N) is 2. The van der Waals surface area contributed by atoms with E-state index in [0.29, 0.717) is 10.9 Å². The van der Waals surface area contributed by atoms with E-state index in [0.717, 1.165) is 17.0 Å². The van der Waals surface area contributed by atoms with Gasteiger partial charge in [0.1, 0.15) is 0 Å². The Kier molecular flexibility index (Phi) is 5.14. The Bertz CT molecular complexity index is 616. The van der Waals surface area contributed by atoms with Gasteiger partial charge >= 0.3 is 0 Å². The molecule has 112 valence electrons. The van der Waals surface area contributed by atoms with Gasteiger partial charge in [-0.25, -0.2) is 14.4 Å². The zero-order valence-electron chi connectivity index (χ0n) is 12.3. The van der Waals surface area contributed by atoms with Gasteiger partial charge in [-0.3, -0.25) is 0 Å². The summed E-state index contributed by atoms with van der Waals surface area (Å²) in [4.78, 5) is 8.69. The fourth-order valence-corrected chi connectivity index (χ4v) is 2.87. The fraction of sp³-hybridized carbons (Fsp3) is 0.333. The van der Waals surface area contributed by atoms with Crippen molar-refractivity contribution in [3.05, 3.63) is 47.0 Å². The zero-order valence-corrected chi connectivity index (χ0v) is 13.1. The topological polar surface area (TPSA) is 61.0 Å². The minimum Gasteiger partial charge on any atom is -0.494 e. The highest BCUT2D eigenvalue weighted by Crippen LogP contribution is 2.25. The molecule has 4 nitrogen and oxygen atoms in total. The van der Waals surface area contributed by atoms with Gasteiger partial charge in [-0.1, -0.05) is 17.8 Å². The number of aromatic nitrogens is 2. The lowest BCUT2D eigenvalue weighted by Gasteiger charge is -2.12. The monoisotopic (exact) mass is 307 g/mol. The van der Waals surface area contributed by atoms with E-state index in [-0.39, 0.29) is 11.8 Å². The van der Waals surface area contributed by atoms with Crippen molar-refractivity contribution in [2.24, 2.45) is 5.73 Å². The first-order valence-electron chi connectivity index (χ1n) is 6.53. The van der Waals surface area contributed by atoms with Crippen LogP contribution in [0.1, 0.15) is 23.0 Å². The molecule has 0 saturated carbocycles. The average molecular weight is 307 g/mol. The second-order valence-corrected chi connectivity index (χ2v) is 5.73. The molecule has 0 saturated heterocycles. The van der Waals surface area contributed by atoms with Crippen LogP contribution in [-0.4, -0.2) is 22.8 Å². The second-order valence-electron chi connectivity index (χ2n) is 4.74. The molecule has 1 aromatic carbocycles. The van der Waals surface area contributed by atoms with Gasteiger partial charge in [-0.2, -0.15) is 0 Å². The Morgan fingerprint density at radius 3 is 2.48 bits per heavy atom. The summed E-state index contributed by atoms with van der Waals surface area (Å²) in [6, 6.07) is 6.40. The number of benzene rings is 1. The first kappa shape index (κ1) is 15.7. The van der Waals surface area contributed by atoms with Crippen LogP contribution in [-0.2, 0) is 0 Å². The highest BCUT2D eigenvalue weighted by molar-refractivity contribution is 7.99. The third-order valence-corrected chi connectivity index (χ3v) is 3.92. The fourth-order valence-electron chi connectivity index (χ4n) is 1.93. The molecule has 21 heavy (non-hydrogen) atoms. The van der Waals surface area contributed by atoms with E-state index in [1.54, 1.807) is 12.1 Å². The van der Waals surface area contributed by atoms with Crippen LogP contribution < -0.4 is 10.5 Å². The molecule has 0 bridgehead atoms. The normalized spacial score (nSPS) is 12.2. The molecule has 0 spiro atoms. The Labute approximate surface area is 127 Å². The molecular formula is C15H18FN3OS. The summed E-state index contributed by atoms with van der Waals surface area (Å²) in [6.45, 7) is 3.86. The predicted molar refractivity (Wildman–Crippen MR) is 82.1 cm³/mol. The third-order valence-electron chi connectivity index (χ3n) is 2.96. The lowest BCUT2D eigenvalue weighted by molar-refractivity contribution is 0.386. The molecule has 1 aromatic heterocycles. The van der Waals surface area contributed by atoms with Crippen molar-refractivity contribution < 1.29 is 9.13 Å². The van der Waals surface area contributed by atoms with Crippen LogP contribution in [0.3, 0.4) is 0 Å². The molecule has 0 amide bonds. The van der Waals surface area contributed by atoms with Crippen LogP contribution in [0.2, 0.25) is 0 Å². The van der Waals surface area contributed by atoms with Crippen molar-refractivity contribution in [2.75, 3.05) is 12.9 Å². The number of thioether (sulfide) groups is 1. The molecule has 0 aliphatic heterocycles. The molecule has 2 aromatic rings. The van der Waals surface area contributed by atoms with Crippen LogP contribution in [0.15, 0.2) is 29.4 Å². The van der Waals surface area contributed by atoms with E-state index in [1.165, 1.54) is 24.9 Å². The minimum absolute atomic E-state index is 0.219. The smallest absolute Gasteiger partial charge is 0.188 e. The van der Waals surface area contributed by atoms with Crippen LogP contribution in [0.5, 0.6) is 5.75 Å². The molecule has 0 fully saturated rings. The number of halogens is 1. The standard InChI is InChI=1S/C15H18FN3OS/c1-9-6-10(2)19-15(18-9)21-8-13(17)11-4-5-14(20-3)12(16)7-11/h4-7,13H,8,17H2,1-3H3. The highest BCUT2D eigenvalue weighted by Gasteiger charge is 2.11. The van der Waals surface area contributed by atoms with Crippen LogP contribution in [0.4, 0.5) is 4.39 Å². The molecule has 0 aliphatic carbocycles. The van der Waals surface area contributed by atoms with Crippen molar-refractivity contribution in [3.63, 3.8) is 0 Å². The maximum atomic E-state index is 13.7. The Morgan fingerprint density at radius 2 is 1.90 bits per heavy atom. The van der Waals surface area contributed by atoms with E-state index in [2.05, 4.69) is 9.97 Å². The number of rotatable bonds is 5. The summed E-state index contributed by atoms with van der Waals surface area (Å²) < 4.78 is 18.6. The lowest BCUT2D eigenvalue weighted by atomic mass is 10.1. The van der Waals surface area contributed by atoms with E-state index >= 15 is 0 Å². The van der Waals surface area contributed by atoms with Gasteiger partial charge in [-0.15, -0.1) is 0 Å². The maximum absolute atomic E-state index is 13.7. The van der Waals surface area contributed by atoms with Gasteiger partial charge in [0.05, 0.1) is 7.11 Å². The molecule has 1 unspecified atom stereocenters. The highest BCUT2D eigenvalue weighted by atomic mass is 32.2. The van der Waals surface area contributed by atoms with E-state index in [9.17, 15) is 4.39 Å². The summed E-state index contributed by atoms with van der Waals surface area (Å²) in [6.07, 6.45) is 0. The quantitative estimate of drug-likeness (QED) is 0.679. The molecule has 2 N–H and O–H groups in total. The van der Waals surface area contributed by atoms with Gasteiger partial charge in [0.15, 0.2) is 16.7 Å². The van der Waals surface area contributed by atoms with Crippen LogP contribution >= 0.6 is 11.8 Å². The Balaban J connectivity index is 2.04. The number of nitrogens with two attached hydrogens (primary N) is 1. The lowest BCUT2D eigenvalue weighted by Crippen LogP contribution is -2.13. The first-order valence-corrected chi connectivity index (χ1v) is 7.52. The Morgan fingerprint density at radius 1 is 1.24 bits per heavy atom. The largest absolute Gasteiger partial charge is 0.494 e. The molecule has 1 heterocycles. The number of methoxy groups -OCH3 is 1. The molecule has 2 rings (SSSR count).